The molecule has 0 radical (unpaired) electrons. The summed E-state index contributed by atoms with van der Waals surface area (Å²) in [5.41, 5.74) is 0.514. The minimum Gasteiger partial charge on any atom is -0.492 e. The van der Waals surface area contributed by atoms with Crippen LogP contribution < -0.4 is 14.8 Å². The number of hydrogen-bond donors (Lipinski definition) is 1. The molecule has 0 spiro atoms. The Bertz CT molecular complexity index is 712. The lowest BCUT2D eigenvalue weighted by Gasteiger charge is -2.20. The van der Waals surface area contributed by atoms with Gasteiger partial charge in [-0.15, -0.1) is 0 Å². The molecule has 0 fully saturated rings. The highest BCUT2D eigenvalue weighted by atomic mass is 35.5. The molecule has 2 aromatic rings. The number of carbonyl (C=O) groups excluding carboxylic acids is 1. The summed E-state index contributed by atoms with van der Waals surface area (Å²) in [5, 5.41) is 3.25. The number of anilines is 1. The molecule has 7 heteroatoms. The number of rotatable bonds is 10. The van der Waals surface area contributed by atoms with Crippen LogP contribution in [0.4, 0.5) is 10.5 Å². The Kier molecular flexibility index (Phi) is 8.74. The van der Waals surface area contributed by atoms with Gasteiger partial charge < -0.3 is 24.4 Å². The SMILES string of the molecule is CCOCCOc1c(Cl)cccc1NC(=O)N(C)CCOc1ccccc1. The van der Waals surface area contributed by atoms with Gasteiger partial charge in [0.2, 0.25) is 0 Å². The van der Waals surface area contributed by atoms with Crippen LogP contribution in [-0.2, 0) is 4.74 Å². The largest absolute Gasteiger partial charge is 0.492 e. The summed E-state index contributed by atoms with van der Waals surface area (Å²) in [7, 11) is 1.70. The molecule has 0 aliphatic heterocycles. The van der Waals surface area contributed by atoms with E-state index in [2.05, 4.69) is 5.32 Å². The predicted molar refractivity (Wildman–Crippen MR) is 107 cm³/mol. The molecule has 0 aliphatic carbocycles. The van der Waals surface area contributed by atoms with Crippen molar-refractivity contribution in [1.29, 1.82) is 0 Å². The molecule has 1 N–H and O–H groups in total. The van der Waals surface area contributed by atoms with E-state index in [0.29, 0.717) is 49.4 Å². The predicted octanol–water partition coefficient (Wildman–Crippen LogP) is 4.30. The van der Waals surface area contributed by atoms with Crippen molar-refractivity contribution in [2.24, 2.45) is 0 Å². The van der Waals surface area contributed by atoms with E-state index in [4.69, 9.17) is 25.8 Å². The molecule has 0 bridgehead atoms. The fourth-order valence-electron chi connectivity index (χ4n) is 2.23. The van der Waals surface area contributed by atoms with Crippen molar-refractivity contribution in [3.63, 3.8) is 0 Å². The number of urea groups is 1. The number of hydrogen-bond acceptors (Lipinski definition) is 4. The average molecular weight is 393 g/mol. The van der Waals surface area contributed by atoms with Gasteiger partial charge in [0.15, 0.2) is 5.75 Å². The maximum atomic E-state index is 12.4. The van der Waals surface area contributed by atoms with Crippen LogP contribution in [0, 0.1) is 0 Å². The molecular formula is C20H25ClN2O4. The first-order valence-corrected chi connectivity index (χ1v) is 9.18. The third-order valence-corrected chi connectivity index (χ3v) is 3.97. The topological polar surface area (TPSA) is 60.0 Å². The minimum absolute atomic E-state index is 0.274. The van der Waals surface area contributed by atoms with E-state index in [1.807, 2.05) is 37.3 Å². The summed E-state index contributed by atoms with van der Waals surface area (Å²) in [5.74, 6) is 1.20. The number of carbonyl (C=O) groups is 1. The molecule has 2 amide bonds. The quantitative estimate of drug-likeness (QED) is 0.612. The highest BCUT2D eigenvalue weighted by Crippen LogP contribution is 2.33. The minimum atomic E-state index is -0.274. The number of benzene rings is 2. The molecular weight excluding hydrogens is 368 g/mol. The van der Waals surface area contributed by atoms with Crippen molar-refractivity contribution < 1.29 is 19.0 Å². The van der Waals surface area contributed by atoms with E-state index in [1.165, 1.54) is 4.90 Å². The molecule has 0 saturated heterocycles. The Morgan fingerprint density at radius 3 is 2.56 bits per heavy atom. The van der Waals surface area contributed by atoms with Gasteiger partial charge in [-0.1, -0.05) is 35.9 Å². The van der Waals surface area contributed by atoms with Crippen molar-refractivity contribution in [3.05, 3.63) is 53.6 Å². The summed E-state index contributed by atoms with van der Waals surface area (Å²) in [6.45, 7) is 4.15. The molecule has 2 rings (SSSR count). The van der Waals surface area contributed by atoms with Gasteiger partial charge in [0.1, 0.15) is 19.0 Å². The number of likely N-dealkylation sites (N-methyl/N-ethyl adjacent to an activating group) is 1. The Hall–Kier alpha value is -2.44. The Morgan fingerprint density at radius 1 is 1.04 bits per heavy atom. The maximum absolute atomic E-state index is 12.4. The van der Waals surface area contributed by atoms with Crippen LogP contribution in [0.1, 0.15) is 6.92 Å². The van der Waals surface area contributed by atoms with Gasteiger partial charge in [-0.3, -0.25) is 0 Å². The van der Waals surface area contributed by atoms with E-state index in [9.17, 15) is 4.79 Å². The van der Waals surface area contributed by atoms with Crippen LogP contribution in [0.2, 0.25) is 5.02 Å². The molecule has 0 unspecified atom stereocenters. The van der Waals surface area contributed by atoms with Crippen molar-refractivity contribution in [3.8, 4) is 11.5 Å². The molecule has 0 saturated carbocycles. The molecule has 146 valence electrons. The monoisotopic (exact) mass is 392 g/mol. The lowest BCUT2D eigenvalue weighted by atomic mass is 10.3. The van der Waals surface area contributed by atoms with Gasteiger partial charge in [-0.05, 0) is 31.2 Å². The molecule has 2 aromatic carbocycles. The first kappa shape index (κ1) is 20.9. The van der Waals surface area contributed by atoms with Crippen LogP contribution >= 0.6 is 11.6 Å². The standard InChI is InChI=1S/C20H25ClN2O4/c1-3-25-14-15-27-19-17(21)10-7-11-18(19)22-20(24)23(2)12-13-26-16-8-5-4-6-9-16/h4-11H,3,12-15H2,1-2H3,(H,22,24). The molecule has 0 heterocycles. The number of nitrogens with one attached hydrogen (secondary N) is 1. The van der Waals surface area contributed by atoms with Crippen LogP contribution in [0.5, 0.6) is 11.5 Å². The van der Waals surface area contributed by atoms with Crippen LogP contribution in [0.3, 0.4) is 0 Å². The van der Waals surface area contributed by atoms with Gasteiger partial charge in [0, 0.05) is 13.7 Å². The van der Waals surface area contributed by atoms with Crippen LogP contribution in [0.25, 0.3) is 0 Å². The van der Waals surface area contributed by atoms with Gasteiger partial charge in [-0.2, -0.15) is 0 Å². The fraction of sp³-hybridized carbons (Fsp3) is 0.350. The number of ether oxygens (including phenoxy) is 3. The van der Waals surface area contributed by atoms with E-state index in [-0.39, 0.29) is 6.03 Å². The number of amides is 2. The first-order chi connectivity index (χ1) is 13.1. The second-order valence-corrected chi connectivity index (χ2v) is 6.08. The van der Waals surface area contributed by atoms with Crippen molar-refractivity contribution in [2.75, 3.05) is 45.3 Å². The maximum Gasteiger partial charge on any atom is 0.321 e. The number of para-hydroxylation sites is 2. The normalized spacial score (nSPS) is 10.3. The van der Waals surface area contributed by atoms with E-state index in [0.717, 1.165) is 5.75 Å². The van der Waals surface area contributed by atoms with Crippen LogP contribution in [0.15, 0.2) is 48.5 Å². The molecule has 6 nitrogen and oxygen atoms in total. The van der Waals surface area contributed by atoms with Crippen LogP contribution in [-0.4, -0.2) is 51.0 Å². The molecule has 0 aromatic heterocycles. The second-order valence-electron chi connectivity index (χ2n) is 5.68. The van der Waals surface area contributed by atoms with E-state index in [1.54, 1.807) is 25.2 Å². The Morgan fingerprint density at radius 2 is 1.81 bits per heavy atom. The Balaban J connectivity index is 1.87. The summed E-state index contributed by atoms with van der Waals surface area (Å²) in [6.07, 6.45) is 0. The van der Waals surface area contributed by atoms with E-state index < -0.39 is 0 Å². The van der Waals surface area contributed by atoms with Gasteiger partial charge in [0.05, 0.1) is 23.9 Å². The zero-order valence-corrected chi connectivity index (χ0v) is 16.4. The number of halogens is 1. The lowest BCUT2D eigenvalue weighted by Crippen LogP contribution is -2.34. The molecule has 0 atom stereocenters. The van der Waals surface area contributed by atoms with Gasteiger partial charge in [-0.25, -0.2) is 4.79 Å². The van der Waals surface area contributed by atoms with E-state index >= 15 is 0 Å². The summed E-state index contributed by atoms with van der Waals surface area (Å²) < 4.78 is 16.5. The molecule has 0 aliphatic rings. The summed E-state index contributed by atoms with van der Waals surface area (Å²) in [6, 6.07) is 14.4. The van der Waals surface area contributed by atoms with Crippen molar-refractivity contribution in [1.82, 2.24) is 4.90 Å². The summed E-state index contributed by atoms with van der Waals surface area (Å²) >= 11 is 6.21. The summed E-state index contributed by atoms with van der Waals surface area (Å²) in [4.78, 5) is 14.0. The molecule has 27 heavy (non-hydrogen) atoms. The smallest absolute Gasteiger partial charge is 0.321 e. The number of nitrogens with zero attached hydrogens (tertiary/aromatic N) is 1. The third kappa shape index (κ3) is 7.00. The van der Waals surface area contributed by atoms with Crippen molar-refractivity contribution in [2.45, 2.75) is 6.92 Å². The average Bonchev–Trinajstić information content (AvgIpc) is 2.67. The lowest BCUT2D eigenvalue weighted by molar-refractivity contribution is 0.110. The zero-order valence-electron chi connectivity index (χ0n) is 15.6. The fourth-order valence-corrected chi connectivity index (χ4v) is 2.46. The van der Waals surface area contributed by atoms with Gasteiger partial charge in [0.25, 0.3) is 0 Å². The zero-order chi connectivity index (χ0) is 19.5. The highest BCUT2D eigenvalue weighted by molar-refractivity contribution is 6.32. The van der Waals surface area contributed by atoms with Crippen molar-refractivity contribution >= 4 is 23.3 Å². The highest BCUT2D eigenvalue weighted by Gasteiger charge is 2.14. The second kappa shape index (κ2) is 11.3. The van der Waals surface area contributed by atoms with Gasteiger partial charge >= 0.3 is 6.03 Å². The first-order valence-electron chi connectivity index (χ1n) is 8.80. The third-order valence-electron chi connectivity index (χ3n) is 3.67. The Labute approximate surface area is 165 Å².